The van der Waals surface area contributed by atoms with E-state index in [1.165, 1.54) is 38.5 Å². The third-order valence-corrected chi connectivity index (χ3v) is 5.63. The Hall–Kier alpha value is -2.29. The van der Waals surface area contributed by atoms with Crippen LogP contribution in [-0.2, 0) is 9.53 Å². The highest BCUT2D eigenvalue weighted by atomic mass is 16.5. The molecule has 0 amide bonds. The van der Waals surface area contributed by atoms with Crippen LogP contribution in [0.1, 0.15) is 96.6 Å². The second kappa shape index (κ2) is 14.7. The van der Waals surface area contributed by atoms with Crippen molar-refractivity contribution in [1.29, 1.82) is 0 Å². The van der Waals surface area contributed by atoms with Crippen molar-refractivity contribution in [2.75, 3.05) is 6.61 Å². The zero-order chi connectivity index (χ0) is 22.3. The van der Waals surface area contributed by atoms with Gasteiger partial charge in [-0.1, -0.05) is 95.2 Å². The second-order valence-electron chi connectivity index (χ2n) is 8.35. The monoisotopic (exact) mass is 424 g/mol. The van der Waals surface area contributed by atoms with Crippen molar-refractivity contribution in [2.24, 2.45) is 0 Å². The van der Waals surface area contributed by atoms with Gasteiger partial charge in [-0.15, -0.1) is 0 Å². The molecule has 2 rings (SSSR count). The largest absolute Gasteiger partial charge is 0.494 e. The quantitative estimate of drug-likeness (QED) is 0.213. The van der Waals surface area contributed by atoms with Crippen LogP contribution >= 0.6 is 0 Å². The predicted octanol–water partition coefficient (Wildman–Crippen LogP) is 8.28. The summed E-state index contributed by atoms with van der Waals surface area (Å²) in [4.78, 5) is 12.1. The molecule has 1 unspecified atom stereocenters. The van der Waals surface area contributed by atoms with Gasteiger partial charge in [0, 0.05) is 6.42 Å². The van der Waals surface area contributed by atoms with Gasteiger partial charge in [0.15, 0.2) is 0 Å². The predicted molar refractivity (Wildman–Crippen MR) is 129 cm³/mol. The molecule has 0 aromatic heterocycles. The molecule has 0 N–H and O–H groups in total. The summed E-state index contributed by atoms with van der Waals surface area (Å²) in [6.45, 7) is 7.14. The van der Waals surface area contributed by atoms with E-state index in [1.807, 2.05) is 31.2 Å². The smallest absolute Gasteiger partial charge is 0.306 e. The first-order valence-corrected chi connectivity index (χ1v) is 12.2. The van der Waals surface area contributed by atoms with E-state index in [2.05, 4.69) is 38.1 Å². The fourth-order valence-electron chi connectivity index (χ4n) is 3.61. The van der Waals surface area contributed by atoms with Crippen LogP contribution in [0.2, 0.25) is 0 Å². The lowest BCUT2D eigenvalue weighted by atomic mass is 10.0. The molecule has 0 saturated heterocycles. The van der Waals surface area contributed by atoms with Crippen LogP contribution in [0.15, 0.2) is 48.5 Å². The van der Waals surface area contributed by atoms with E-state index in [0.717, 1.165) is 48.3 Å². The molecule has 0 saturated carbocycles. The molecule has 0 aliphatic carbocycles. The molecule has 0 fully saturated rings. The van der Waals surface area contributed by atoms with E-state index in [1.54, 1.807) is 0 Å². The van der Waals surface area contributed by atoms with Gasteiger partial charge in [-0.3, -0.25) is 4.79 Å². The van der Waals surface area contributed by atoms with E-state index in [4.69, 9.17) is 9.47 Å². The van der Waals surface area contributed by atoms with Gasteiger partial charge in [0.2, 0.25) is 0 Å². The zero-order valence-corrected chi connectivity index (χ0v) is 19.7. The normalized spacial score (nSPS) is 11.8. The molecule has 0 bridgehead atoms. The van der Waals surface area contributed by atoms with Gasteiger partial charge in [0.25, 0.3) is 0 Å². The minimum absolute atomic E-state index is 0.0987. The summed E-state index contributed by atoms with van der Waals surface area (Å²) in [7, 11) is 0. The highest BCUT2D eigenvalue weighted by molar-refractivity contribution is 5.69. The first-order chi connectivity index (χ1) is 15.1. The van der Waals surface area contributed by atoms with Crippen molar-refractivity contribution >= 4 is 5.97 Å². The fourth-order valence-corrected chi connectivity index (χ4v) is 3.61. The van der Waals surface area contributed by atoms with Crippen molar-refractivity contribution in [3.63, 3.8) is 0 Å². The second-order valence-corrected chi connectivity index (χ2v) is 8.35. The Kier molecular flexibility index (Phi) is 11.8. The number of hydrogen-bond donors (Lipinski definition) is 0. The molecule has 2 aromatic carbocycles. The van der Waals surface area contributed by atoms with Crippen LogP contribution in [0.5, 0.6) is 5.75 Å². The van der Waals surface area contributed by atoms with E-state index < -0.39 is 0 Å². The van der Waals surface area contributed by atoms with Crippen LogP contribution in [0.4, 0.5) is 0 Å². The summed E-state index contributed by atoms with van der Waals surface area (Å²) in [6.07, 6.45) is 10.8. The van der Waals surface area contributed by atoms with E-state index in [-0.39, 0.29) is 12.1 Å². The third-order valence-electron chi connectivity index (χ3n) is 5.63. The minimum atomic E-state index is -0.222. The van der Waals surface area contributed by atoms with Gasteiger partial charge in [-0.05, 0) is 48.6 Å². The van der Waals surface area contributed by atoms with Gasteiger partial charge in [0.1, 0.15) is 11.9 Å². The molecule has 0 radical (unpaired) electrons. The highest BCUT2D eigenvalue weighted by Gasteiger charge is 2.12. The Morgan fingerprint density at radius 1 is 0.742 bits per heavy atom. The van der Waals surface area contributed by atoms with Gasteiger partial charge in [0.05, 0.1) is 6.61 Å². The zero-order valence-electron chi connectivity index (χ0n) is 19.7. The van der Waals surface area contributed by atoms with Gasteiger partial charge >= 0.3 is 5.97 Å². The lowest BCUT2D eigenvalue weighted by Crippen LogP contribution is -2.08. The molecule has 3 nitrogen and oxygen atoms in total. The molecular formula is C28H40O3. The standard InChI is InChI=1S/C28H40O3/c1-4-6-8-10-11-13-28(29)31-23(3)24-14-16-25(17-15-24)26-18-20-27(21-19-26)30-22-12-9-7-5-2/h14-21,23H,4-13,22H2,1-3H3. The molecule has 2 aromatic rings. The lowest BCUT2D eigenvalue weighted by Gasteiger charge is -2.14. The molecular weight excluding hydrogens is 384 g/mol. The third kappa shape index (κ3) is 9.59. The summed E-state index contributed by atoms with van der Waals surface area (Å²) in [5.74, 6) is 0.824. The lowest BCUT2D eigenvalue weighted by molar-refractivity contribution is -0.148. The van der Waals surface area contributed by atoms with Crippen molar-refractivity contribution in [1.82, 2.24) is 0 Å². The number of ether oxygens (including phenoxy) is 2. The van der Waals surface area contributed by atoms with Crippen molar-refractivity contribution in [3.8, 4) is 16.9 Å². The number of esters is 1. The molecule has 3 heteroatoms. The molecule has 0 aliphatic heterocycles. The van der Waals surface area contributed by atoms with Gasteiger partial charge in [-0.25, -0.2) is 0 Å². The number of carbonyl (C=O) groups excluding carboxylic acids is 1. The molecule has 1 atom stereocenters. The van der Waals surface area contributed by atoms with Crippen LogP contribution in [0, 0.1) is 0 Å². The van der Waals surface area contributed by atoms with Crippen molar-refractivity contribution < 1.29 is 14.3 Å². The number of rotatable bonds is 15. The molecule has 170 valence electrons. The number of unbranched alkanes of at least 4 members (excludes halogenated alkanes) is 7. The average molecular weight is 425 g/mol. The minimum Gasteiger partial charge on any atom is -0.494 e. The summed E-state index contributed by atoms with van der Waals surface area (Å²) in [5.41, 5.74) is 3.32. The van der Waals surface area contributed by atoms with Crippen LogP contribution in [-0.4, -0.2) is 12.6 Å². The van der Waals surface area contributed by atoms with Gasteiger partial charge < -0.3 is 9.47 Å². The van der Waals surface area contributed by atoms with Crippen LogP contribution in [0.25, 0.3) is 11.1 Å². The Morgan fingerprint density at radius 2 is 1.29 bits per heavy atom. The Labute approximate surface area is 189 Å². The van der Waals surface area contributed by atoms with Crippen LogP contribution in [0.3, 0.4) is 0 Å². The van der Waals surface area contributed by atoms with Crippen LogP contribution < -0.4 is 4.74 Å². The molecule has 0 heterocycles. The summed E-state index contributed by atoms with van der Waals surface area (Å²) >= 11 is 0. The summed E-state index contributed by atoms with van der Waals surface area (Å²) in [5, 5.41) is 0. The summed E-state index contributed by atoms with van der Waals surface area (Å²) < 4.78 is 11.4. The highest BCUT2D eigenvalue weighted by Crippen LogP contribution is 2.26. The summed E-state index contributed by atoms with van der Waals surface area (Å²) in [6, 6.07) is 16.5. The Morgan fingerprint density at radius 3 is 1.90 bits per heavy atom. The SMILES string of the molecule is CCCCCCCC(=O)OC(C)c1ccc(-c2ccc(OCCCCCC)cc2)cc1. The van der Waals surface area contributed by atoms with Gasteiger partial charge in [-0.2, -0.15) is 0 Å². The van der Waals surface area contributed by atoms with E-state index >= 15 is 0 Å². The number of carbonyl (C=O) groups is 1. The Balaban J connectivity index is 1.79. The van der Waals surface area contributed by atoms with E-state index in [9.17, 15) is 4.79 Å². The number of hydrogen-bond acceptors (Lipinski definition) is 3. The van der Waals surface area contributed by atoms with Crippen molar-refractivity contribution in [3.05, 3.63) is 54.1 Å². The number of benzene rings is 2. The first kappa shape index (κ1) is 25.0. The Bertz CT molecular complexity index is 734. The first-order valence-electron chi connectivity index (χ1n) is 12.2. The molecule has 0 spiro atoms. The maximum absolute atomic E-state index is 12.1. The molecule has 31 heavy (non-hydrogen) atoms. The maximum Gasteiger partial charge on any atom is 0.306 e. The molecule has 0 aliphatic rings. The fraction of sp³-hybridized carbons (Fsp3) is 0.536. The van der Waals surface area contributed by atoms with Crippen molar-refractivity contribution in [2.45, 2.75) is 91.1 Å². The average Bonchev–Trinajstić information content (AvgIpc) is 2.79. The maximum atomic E-state index is 12.1. The topological polar surface area (TPSA) is 35.5 Å². The van der Waals surface area contributed by atoms with E-state index in [0.29, 0.717) is 6.42 Å².